The number of nitrogens with one attached hydrogen (secondary N) is 1. The SMILES string of the molecule is CC1CCC(CN)(CNCC2CCCO2)CC1. The van der Waals surface area contributed by atoms with E-state index in [0.717, 1.165) is 32.2 Å². The van der Waals surface area contributed by atoms with Crippen LogP contribution in [0.2, 0.25) is 0 Å². The Balaban J connectivity index is 1.71. The van der Waals surface area contributed by atoms with E-state index in [9.17, 15) is 0 Å². The van der Waals surface area contributed by atoms with Gasteiger partial charge in [-0.25, -0.2) is 0 Å². The molecule has 0 aromatic rings. The monoisotopic (exact) mass is 240 g/mol. The van der Waals surface area contributed by atoms with Crippen LogP contribution in [-0.2, 0) is 4.74 Å². The fraction of sp³-hybridized carbons (Fsp3) is 1.00. The third kappa shape index (κ3) is 3.67. The first-order chi connectivity index (χ1) is 8.24. The van der Waals surface area contributed by atoms with Gasteiger partial charge >= 0.3 is 0 Å². The lowest BCUT2D eigenvalue weighted by atomic mass is 9.71. The van der Waals surface area contributed by atoms with Crippen LogP contribution in [0.15, 0.2) is 0 Å². The molecule has 2 aliphatic rings. The van der Waals surface area contributed by atoms with Gasteiger partial charge in [-0.3, -0.25) is 0 Å². The van der Waals surface area contributed by atoms with Crippen LogP contribution < -0.4 is 11.1 Å². The fourth-order valence-electron chi connectivity index (χ4n) is 3.13. The van der Waals surface area contributed by atoms with Gasteiger partial charge < -0.3 is 15.8 Å². The molecule has 1 aliphatic carbocycles. The molecule has 3 N–H and O–H groups in total. The van der Waals surface area contributed by atoms with Crippen LogP contribution in [0.4, 0.5) is 0 Å². The quantitative estimate of drug-likeness (QED) is 0.771. The zero-order valence-electron chi connectivity index (χ0n) is 11.2. The minimum atomic E-state index is 0.366. The summed E-state index contributed by atoms with van der Waals surface area (Å²) in [5.41, 5.74) is 6.37. The molecule has 2 rings (SSSR count). The maximum absolute atomic E-state index is 6.01. The van der Waals surface area contributed by atoms with Crippen molar-refractivity contribution in [2.24, 2.45) is 17.1 Å². The molecule has 0 bridgehead atoms. The van der Waals surface area contributed by atoms with E-state index in [1.54, 1.807) is 0 Å². The van der Waals surface area contributed by atoms with Crippen molar-refractivity contribution in [2.75, 3.05) is 26.2 Å². The van der Waals surface area contributed by atoms with Crippen molar-refractivity contribution in [3.8, 4) is 0 Å². The predicted octanol–water partition coefficient (Wildman–Crippen LogP) is 1.91. The lowest BCUT2D eigenvalue weighted by Crippen LogP contribution is -2.44. The van der Waals surface area contributed by atoms with Crippen LogP contribution in [0.1, 0.15) is 45.4 Å². The van der Waals surface area contributed by atoms with Gasteiger partial charge in [-0.2, -0.15) is 0 Å². The molecule has 0 aromatic heterocycles. The number of hydrogen-bond donors (Lipinski definition) is 2. The highest BCUT2D eigenvalue weighted by molar-refractivity contribution is 4.87. The van der Waals surface area contributed by atoms with Gasteiger partial charge in [0, 0.05) is 19.7 Å². The van der Waals surface area contributed by atoms with Crippen molar-refractivity contribution in [3.63, 3.8) is 0 Å². The molecule has 0 spiro atoms. The molecular weight excluding hydrogens is 212 g/mol. The maximum atomic E-state index is 6.01. The summed E-state index contributed by atoms with van der Waals surface area (Å²) in [5, 5.41) is 3.60. The minimum Gasteiger partial charge on any atom is -0.377 e. The summed E-state index contributed by atoms with van der Waals surface area (Å²) in [6.07, 6.45) is 8.18. The lowest BCUT2D eigenvalue weighted by molar-refractivity contribution is 0.100. The van der Waals surface area contributed by atoms with Crippen molar-refractivity contribution in [2.45, 2.75) is 51.6 Å². The highest BCUT2D eigenvalue weighted by Crippen LogP contribution is 2.37. The van der Waals surface area contributed by atoms with E-state index in [-0.39, 0.29) is 0 Å². The van der Waals surface area contributed by atoms with Crippen molar-refractivity contribution < 1.29 is 4.74 Å². The molecule has 0 radical (unpaired) electrons. The van der Waals surface area contributed by atoms with Gasteiger partial charge in [-0.15, -0.1) is 0 Å². The molecule has 1 aliphatic heterocycles. The molecule has 2 fully saturated rings. The number of ether oxygens (including phenoxy) is 1. The second-order valence-electron chi connectivity index (χ2n) is 6.15. The van der Waals surface area contributed by atoms with E-state index in [4.69, 9.17) is 10.5 Å². The second kappa shape index (κ2) is 6.17. The molecule has 17 heavy (non-hydrogen) atoms. The standard InChI is InChI=1S/C14H28N2O/c1-12-4-6-14(10-15,7-5-12)11-16-9-13-3-2-8-17-13/h12-13,16H,2-11,15H2,1H3. The number of hydrogen-bond acceptors (Lipinski definition) is 3. The van der Waals surface area contributed by atoms with Gasteiger partial charge in [0.05, 0.1) is 6.10 Å². The third-order valence-corrected chi connectivity index (χ3v) is 4.66. The Morgan fingerprint density at radius 1 is 1.29 bits per heavy atom. The normalized spacial score (nSPS) is 38.5. The van der Waals surface area contributed by atoms with E-state index >= 15 is 0 Å². The largest absolute Gasteiger partial charge is 0.377 e. The van der Waals surface area contributed by atoms with Gasteiger partial charge in [0.15, 0.2) is 0 Å². The molecule has 1 unspecified atom stereocenters. The molecule has 0 amide bonds. The number of nitrogens with two attached hydrogens (primary N) is 1. The summed E-state index contributed by atoms with van der Waals surface area (Å²) in [6, 6.07) is 0. The topological polar surface area (TPSA) is 47.3 Å². The zero-order chi connectivity index (χ0) is 12.1. The summed E-state index contributed by atoms with van der Waals surface area (Å²) >= 11 is 0. The summed E-state index contributed by atoms with van der Waals surface area (Å²) in [6.45, 7) is 6.23. The van der Waals surface area contributed by atoms with Crippen molar-refractivity contribution in [1.82, 2.24) is 5.32 Å². The predicted molar refractivity (Wildman–Crippen MR) is 71.0 cm³/mol. The van der Waals surface area contributed by atoms with Gasteiger partial charge in [0.2, 0.25) is 0 Å². The third-order valence-electron chi connectivity index (χ3n) is 4.66. The Hall–Kier alpha value is -0.120. The van der Waals surface area contributed by atoms with E-state index in [0.29, 0.717) is 11.5 Å². The van der Waals surface area contributed by atoms with Crippen LogP contribution in [0.25, 0.3) is 0 Å². The van der Waals surface area contributed by atoms with E-state index in [2.05, 4.69) is 12.2 Å². The first kappa shape index (κ1) is 13.3. The second-order valence-corrected chi connectivity index (χ2v) is 6.15. The lowest BCUT2D eigenvalue weighted by Gasteiger charge is -2.39. The van der Waals surface area contributed by atoms with Gasteiger partial charge in [0.25, 0.3) is 0 Å². The highest BCUT2D eigenvalue weighted by atomic mass is 16.5. The van der Waals surface area contributed by atoms with Crippen LogP contribution in [0, 0.1) is 11.3 Å². The van der Waals surface area contributed by atoms with Gasteiger partial charge in [0.1, 0.15) is 0 Å². The Bertz CT molecular complexity index is 218. The molecule has 3 heteroatoms. The average Bonchev–Trinajstić information content (AvgIpc) is 2.85. The number of rotatable bonds is 5. The Morgan fingerprint density at radius 2 is 2.06 bits per heavy atom. The van der Waals surface area contributed by atoms with Crippen molar-refractivity contribution in [1.29, 1.82) is 0 Å². The molecule has 100 valence electrons. The summed E-state index contributed by atoms with van der Waals surface area (Å²) in [4.78, 5) is 0. The van der Waals surface area contributed by atoms with E-state index in [1.165, 1.54) is 38.5 Å². The van der Waals surface area contributed by atoms with Crippen molar-refractivity contribution >= 4 is 0 Å². The van der Waals surface area contributed by atoms with Crippen LogP contribution in [-0.4, -0.2) is 32.3 Å². The summed E-state index contributed by atoms with van der Waals surface area (Å²) in [7, 11) is 0. The molecule has 1 atom stereocenters. The maximum Gasteiger partial charge on any atom is 0.0700 e. The van der Waals surface area contributed by atoms with Gasteiger partial charge in [-0.05, 0) is 43.6 Å². The van der Waals surface area contributed by atoms with Crippen LogP contribution >= 0.6 is 0 Å². The first-order valence-electron chi connectivity index (χ1n) is 7.26. The zero-order valence-corrected chi connectivity index (χ0v) is 11.2. The molecule has 1 saturated carbocycles. The Morgan fingerprint density at radius 3 is 2.65 bits per heavy atom. The van der Waals surface area contributed by atoms with Crippen LogP contribution in [0.3, 0.4) is 0 Å². The Kier molecular flexibility index (Phi) is 4.83. The molecule has 1 saturated heterocycles. The molecule has 3 nitrogen and oxygen atoms in total. The van der Waals surface area contributed by atoms with Crippen LogP contribution in [0.5, 0.6) is 0 Å². The first-order valence-corrected chi connectivity index (χ1v) is 7.26. The summed E-state index contributed by atoms with van der Waals surface area (Å²) < 4.78 is 5.63. The molecular formula is C14H28N2O. The average molecular weight is 240 g/mol. The highest BCUT2D eigenvalue weighted by Gasteiger charge is 2.32. The summed E-state index contributed by atoms with van der Waals surface area (Å²) in [5.74, 6) is 0.896. The minimum absolute atomic E-state index is 0.366. The van der Waals surface area contributed by atoms with E-state index < -0.39 is 0 Å². The molecule has 0 aromatic carbocycles. The Labute approximate surface area is 105 Å². The smallest absolute Gasteiger partial charge is 0.0700 e. The van der Waals surface area contributed by atoms with Gasteiger partial charge in [-0.1, -0.05) is 19.8 Å². The fourth-order valence-corrected chi connectivity index (χ4v) is 3.13. The van der Waals surface area contributed by atoms with Crippen molar-refractivity contribution in [3.05, 3.63) is 0 Å². The van der Waals surface area contributed by atoms with E-state index in [1.807, 2.05) is 0 Å². The molecule has 1 heterocycles.